The number of amides is 2. The maximum atomic E-state index is 14.3. The molecule has 2 aromatic carbocycles. The minimum absolute atomic E-state index is 0.325. The molecule has 0 aromatic heterocycles. The number of benzene rings is 2. The van der Waals surface area contributed by atoms with Crippen molar-refractivity contribution in [2.24, 2.45) is 0 Å². The Kier molecular flexibility index (Phi) is 4.12. The molecule has 0 saturated heterocycles. The van der Waals surface area contributed by atoms with E-state index in [-0.39, 0.29) is 22.5 Å². The van der Waals surface area contributed by atoms with E-state index in [4.69, 9.17) is 0 Å². The zero-order chi connectivity index (χ0) is 21.7. The number of nitro groups is 2. The molecule has 0 spiro atoms. The minimum atomic E-state index is -0.938. The summed E-state index contributed by atoms with van der Waals surface area (Å²) in [6.45, 7) is 0. The average Bonchev–Trinajstić information content (AvgIpc) is 3.21. The van der Waals surface area contributed by atoms with Crippen LogP contribution in [-0.4, -0.2) is 21.7 Å². The Balaban J connectivity index is 1.95. The molecule has 2 N–H and O–H groups in total. The predicted octanol–water partition coefficient (Wildman–Crippen LogP) is 2.16. The Labute approximate surface area is 164 Å². The van der Waals surface area contributed by atoms with Gasteiger partial charge in [-0.2, -0.15) is 0 Å². The summed E-state index contributed by atoms with van der Waals surface area (Å²) >= 11 is 0. The van der Waals surface area contributed by atoms with Crippen molar-refractivity contribution in [3.05, 3.63) is 90.5 Å². The average molecular weight is 414 g/mol. The van der Waals surface area contributed by atoms with Crippen molar-refractivity contribution in [2.75, 3.05) is 0 Å². The fourth-order valence-electron chi connectivity index (χ4n) is 3.22. The lowest BCUT2D eigenvalue weighted by Gasteiger charge is -2.08. The summed E-state index contributed by atoms with van der Waals surface area (Å²) in [5.41, 5.74) is -3.11. The number of non-ortho nitro benzene ring substituents is 2. The van der Waals surface area contributed by atoms with E-state index in [9.17, 15) is 38.6 Å². The first-order valence-corrected chi connectivity index (χ1v) is 8.19. The lowest BCUT2D eigenvalue weighted by molar-refractivity contribution is -0.385. The van der Waals surface area contributed by atoms with Gasteiger partial charge in [-0.05, 0) is 12.1 Å². The summed E-state index contributed by atoms with van der Waals surface area (Å²) in [6, 6.07) is 5.14. The number of hydrogen-bond acceptors (Lipinski definition) is 6. The number of fused-ring (bicyclic) bond motifs is 1. The molecule has 2 heterocycles. The highest BCUT2D eigenvalue weighted by Crippen LogP contribution is 2.39. The van der Waals surface area contributed by atoms with Gasteiger partial charge in [0.2, 0.25) is 0 Å². The second kappa shape index (κ2) is 6.55. The third-order valence-corrected chi connectivity index (χ3v) is 4.54. The van der Waals surface area contributed by atoms with E-state index in [1.807, 2.05) is 0 Å². The first kappa shape index (κ1) is 18.9. The maximum Gasteiger partial charge on any atom is 0.270 e. The van der Waals surface area contributed by atoms with Crippen molar-refractivity contribution in [3.8, 4) is 0 Å². The van der Waals surface area contributed by atoms with Crippen molar-refractivity contribution < 1.29 is 28.2 Å². The molecule has 2 aliphatic rings. The number of halogens is 2. The molecule has 0 radical (unpaired) electrons. The molecule has 12 heteroatoms. The van der Waals surface area contributed by atoms with E-state index < -0.39 is 55.8 Å². The molecule has 0 bridgehead atoms. The molecule has 2 aromatic rings. The maximum absolute atomic E-state index is 14.3. The van der Waals surface area contributed by atoms with Gasteiger partial charge in [0.05, 0.1) is 32.4 Å². The van der Waals surface area contributed by atoms with Crippen LogP contribution in [0, 0.1) is 31.9 Å². The Bertz CT molecular complexity index is 1170. The zero-order valence-corrected chi connectivity index (χ0v) is 14.6. The highest BCUT2D eigenvalue weighted by molar-refractivity contribution is 6.30. The molecule has 0 saturated carbocycles. The van der Waals surface area contributed by atoms with Crippen LogP contribution in [0.5, 0.6) is 0 Å². The third kappa shape index (κ3) is 2.78. The molecular weight excluding hydrogens is 406 g/mol. The molecule has 0 unspecified atom stereocenters. The van der Waals surface area contributed by atoms with Crippen molar-refractivity contribution in [2.45, 2.75) is 0 Å². The Morgan fingerprint density at radius 1 is 0.700 bits per heavy atom. The molecule has 2 amide bonds. The van der Waals surface area contributed by atoms with Crippen LogP contribution in [0.4, 0.5) is 20.2 Å². The molecule has 150 valence electrons. The number of nitrogens with one attached hydrogen (secondary N) is 2. The summed E-state index contributed by atoms with van der Waals surface area (Å²) in [4.78, 5) is 45.5. The van der Waals surface area contributed by atoms with Gasteiger partial charge in [-0.1, -0.05) is 0 Å². The van der Waals surface area contributed by atoms with E-state index >= 15 is 0 Å². The number of carbonyl (C=O) groups is 2. The van der Waals surface area contributed by atoms with E-state index in [0.29, 0.717) is 0 Å². The predicted molar refractivity (Wildman–Crippen MR) is 96.2 cm³/mol. The molecule has 2 aliphatic heterocycles. The van der Waals surface area contributed by atoms with Crippen LogP contribution < -0.4 is 10.6 Å². The van der Waals surface area contributed by atoms with Crippen LogP contribution in [0.2, 0.25) is 0 Å². The smallest absolute Gasteiger partial charge is 0.270 e. The zero-order valence-electron chi connectivity index (χ0n) is 14.6. The van der Waals surface area contributed by atoms with Gasteiger partial charge in [0, 0.05) is 35.4 Å². The van der Waals surface area contributed by atoms with E-state index in [1.165, 1.54) is 0 Å². The highest BCUT2D eigenvalue weighted by atomic mass is 19.1. The lowest BCUT2D eigenvalue weighted by atomic mass is 10.0. The molecule has 4 rings (SSSR count). The standard InChI is InChI=1S/C18H8F2N4O6/c19-11-3-1-7(23(27)28)5-9(11)15-13-14(18(26)21-15)16(22-17(13)25)10-6-8(24(29)30)2-4-12(10)20/h1-6H,(H,21,26)(H,22,25). The minimum Gasteiger partial charge on any atom is -0.320 e. The summed E-state index contributed by atoms with van der Waals surface area (Å²) in [6.07, 6.45) is 0. The Morgan fingerprint density at radius 3 is 1.40 bits per heavy atom. The van der Waals surface area contributed by atoms with Gasteiger partial charge >= 0.3 is 0 Å². The van der Waals surface area contributed by atoms with Crippen LogP contribution in [-0.2, 0) is 9.59 Å². The Hall–Kier alpha value is -4.48. The molecule has 0 fully saturated rings. The SMILES string of the molecule is O=C1NC(c2cc([N+](=O)[O-])ccc2F)=C2C(=O)NC(c3cc([N+](=O)[O-])ccc3F)=C12. The number of carbonyl (C=O) groups excluding carboxylic acids is 2. The Morgan fingerprint density at radius 2 is 1.07 bits per heavy atom. The summed E-state index contributed by atoms with van der Waals surface area (Å²) < 4.78 is 28.7. The van der Waals surface area contributed by atoms with Gasteiger partial charge < -0.3 is 10.6 Å². The van der Waals surface area contributed by atoms with Crippen LogP contribution >= 0.6 is 0 Å². The summed E-state index contributed by atoms with van der Waals surface area (Å²) in [5.74, 6) is -3.67. The number of rotatable bonds is 4. The summed E-state index contributed by atoms with van der Waals surface area (Å²) in [7, 11) is 0. The number of nitro benzene ring substituents is 2. The van der Waals surface area contributed by atoms with Gasteiger partial charge in [-0.15, -0.1) is 0 Å². The lowest BCUT2D eigenvalue weighted by Crippen LogP contribution is -2.22. The van der Waals surface area contributed by atoms with Gasteiger partial charge in [-0.3, -0.25) is 29.8 Å². The van der Waals surface area contributed by atoms with Crippen molar-refractivity contribution >= 4 is 34.6 Å². The van der Waals surface area contributed by atoms with Crippen LogP contribution in [0.15, 0.2) is 47.5 Å². The van der Waals surface area contributed by atoms with Gasteiger partial charge in [-0.25, -0.2) is 8.78 Å². The van der Waals surface area contributed by atoms with Crippen molar-refractivity contribution in [3.63, 3.8) is 0 Å². The molecule has 0 aliphatic carbocycles. The van der Waals surface area contributed by atoms with Gasteiger partial charge in [0.25, 0.3) is 23.2 Å². The van der Waals surface area contributed by atoms with E-state index in [2.05, 4.69) is 10.6 Å². The van der Waals surface area contributed by atoms with Crippen LogP contribution in [0.3, 0.4) is 0 Å². The number of nitrogens with zero attached hydrogens (tertiary/aromatic N) is 2. The molecule has 30 heavy (non-hydrogen) atoms. The highest BCUT2D eigenvalue weighted by Gasteiger charge is 2.42. The monoisotopic (exact) mass is 414 g/mol. The van der Waals surface area contributed by atoms with Crippen molar-refractivity contribution in [1.82, 2.24) is 10.6 Å². The van der Waals surface area contributed by atoms with Crippen molar-refractivity contribution in [1.29, 1.82) is 0 Å². The van der Waals surface area contributed by atoms with E-state index in [0.717, 1.165) is 36.4 Å². The first-order valence-electron chi connectivity index (χ1n) is 8.19. The summed E-state index contributed by atoms with van der Waals surface area (Å²) in [5, 5.41) is 26.5. The van der Waals surface area contributed by atoms with E-state index in [1.54, 1.807) is 0 Å². The third-order valence-electron chi connectivity index (χ3n) is 4.54. The first-order chi connectivity index (χ1) is 14.2. The second-order valence-corrected chi connectivity index (χ2v) is 6.25. The molecular formula is C18H8F2N4O6. The number of hydrogen-bond donors (Lipinski definition) is 2. The van der Waals surface area contributed by atoms with Gasteiger partial charge in [0.15, 0.2) is 0 Å². The van der Waals surface area contributed by atoms with Crippen LogP contribution in [0.1, 0.15) is 11.1 Å². The topological polar surface area (TPSA) is 144 Å². The second-order valence-electron chi connectivity index (χ2n) is 6.25. The quantitative estimate of drug-likeness (QED) is 0.579. The normalized spacial score (nSPS) is 15.3. The van der Waals surface area contributed by atoms with Crippen LogP contribution in [0.25, 0.3) is 11.4 Å². The largest absolute Gasteiger partial charge is 0.320 e. The molecule has 10 nitrogen and oxygen atoms in total. The fourth-order valence-corrected chi connectivity index (χ4v) is 3.22. The van der Waals surface area contributed by atoms with Gasteiger partial charge in [0.1, 0.15) is 11.6 Å². The fraction of sp³-hybridized carbons (Fsp3) is 0. The molecule has 0 atom stereocenters.